The third-order valence-electron chi connectivity index (χ3n) is 5.51. The fourth-order valence-electron chi connectivity index (χ4n) is 3.83. The fraction of sp³-hybridized carbons (Fsp3) is 0.214. The monoisotopic (exact) mass is 458 g/mol. The van der Waals surface area contributed by atoms with Crippen LogP contribution in [0.3, 0.4) is 0 Å². The first-order valence-corrected chi connectivity index (χ1v) is 11.3. The minimum absolute atomic E-state index is 0.00858. The molecular weight excluding hydrogens is 431 g/mol. The summed E-state index contributed by atoms with van der Waals surface area (Å²) in [5.41, 5.74) is 2.95. The molecule has 0 spiro atoms. The first-order valence-electron chi connectivity index (χ1n) is 11.3. The number of benzene rings is 3. The van der Waals surface area contributed by atoms with Crippen LogP contribution in [0.1, 0.15) is 44.7 Å². The highest BCUT2D eigenvalue weighted by Crippen LogP contribution is 2.35. The van der Waals surface area contributed by atoms with Gasteiger partial charge in [0.2, 0.25) is 0 Å². The van der Waals surface area contributed by atoms with Crippen LogP contribution in [0, 0.1) is 5.82 Å². The van der Waals surface area contributed by atoms with Gasteiger partial charge < -0.3 is 10.1 Å². The van der Waals surface area contributed by atoms with Gasteiger partial charge in [-0.15, -0.1) is 0 Å². The average Bonchev–Trinajstić information content (AvgIpc) is 3.03. The molecule has 0 saturated carbocycles. The molecule has 5 nitrogen and oxygen atoms in total. The maximum Gasteiger partial charge on any atom is 0.282 e. The van der Waals surface area contributed by atoms with Crippen LogP contribution < -0.4 is 15.0 Å². The van der Waals surface area contributed by atoms with E-state index in [9.17, 15) is 14.0 Å². The SMILES string of the molecule is CC(C)Oc1ccc(C2=C(Nc3ccc(C(C)C)cc3)C(=O)N(c3cccc(F)c3)C2=O)cc1. The zero-order chi connectivity index (χ0) is 24.4. The number of hydrogen-bond acceptors (Lipinski definition) is 4. The predicted octanol–water partition coefficient (Wildman–Crippen LogP) is 6.13. The van der Waals surface area contributed by atoms with Crippen molar-refractivity contribution in [2.75, 3.05) is 10.2 Å². The normalized spacial score (nSPS) is 13.9. The minimum Gasteiger partial charge on any atom is -0.491 e. The Hall–Kier alpha value is -3.93. The number of amides is 2. The lowest BCUT2D eigenvalue weighted by atomic mass is 10.0. The van der Waals surface area contributed by atoms with Gasteiger partial charge in [0, 0.05) is 5.69 Å². The number of halogens is 1. The van der Waals surface area contributed by atoms with Gasteiger partial charge in [-0.05, 0) is 73.4 Å². The van der Waals surface area contributed by atoms with Crippen LogP contribution in [-0.2, 0) is 9.59 Å². The second kappa shape index (κ2) is 9.51. The van der Waals surface area contributed by atoms with Gasteiger partial charge in [-0.25, -0.2) is 9.29 Å². The molecule has 1 aliphatic heterocycles. The van der Waals surface area contributed by atoms with Gasteiger partial charge >= 0.3 is 0 Å². The quantitative estimate of drug-likeness (QED) is 0.433. The van der Waals surface area contributed by atoms with Crippen LogP contribution in [0.5, 0.6) is 5.75 Å². The lowest BCUT2D eigenvalue weighted by molar-refractivity contribution is -0.120. The molecule has 0 bridgehead atoms. The summed E-state index contributed by atoms with van der Waals surface area (Å²) < 4.78 is 19.6. The van der Waals surface area contributed by atoms with Crippen molar-refractivity contribution >= 4 is 28.8 Å². The number of hydrogen-bond donors (Lipinski definition) is 1. The molecule has 0 radical (unpaired) electrons. The summed E-state index contributed by atoms with van der Waals surface area (Å²) in [5, 5.41) is 3.14. The summed E-state index contributed by atoms with van der Waals surface area (Å²) in [6.07, 6.45) is 0.00858. The molecule has 0 unspecified atom stereocenters. The molecule has 34 heavy (non-hydrogen) atoms. The van der Waals surface area contributed by atoms with Gasteiger partial charge in [0.25, 0.3) is 11.8 Å². The number of nitrogens with one attached hydrogen (secondary N) is 1. The van der Waals surface area contributed by atoms with E-state index in [1.165, 1.54) is 24.3 Å². The standard InChI is InChI=1S/C28H27FN2O3/c1-17(2)19-8-12-22(13-9-19)30-26-25(20-10-14-24(15-11-20)34-18(3)4)27(32)31(28(26)33)23-7-5-6-21(29)16-23/h5-18,30H,1-4H3. The number of carbonyl (C=O) groups excluding carboxylic acids is 2. The first kappa shape index (κ1) is 23.2. The minimum atomic E-state index is -0.541. The van der Waals surface area contributed by atoms with Crippen LogP contribution in [-0.4, -0.2) is 17.9 Å². The number of imide groups is 1. The molecule has 4 rings (SSSR count). The Bertz CT molecular complexity index is 1250. The predicted molar refractivity (Wildman–Crippen MR) is 132 cm³/mol. The zero-order valence-corrected chi connectivity index (χ0v) is 19.6. The second-order valence-electron chi connectivity index (χ2n) is 8.77. The number of rotatable bonds is 7. The van der Waals surface area contributed by atoms with E-state index in [4.69, 9.17) is 4.74 Å². The van der Waals surface area contributed by atoms with Crippen molar-refractivity contribution in [2.24, 2.45) is 0 Å². The van der Waals surface area contributed by atoms with Gasteiger partial charge in [0.05, 0.1) is 17.4 Å². The summed E-state index contributed by atoms with van der Waals surface area (Å²) in [6.45, 7) is 8.07. The maximum atomic E-state index is 13.9. The lowest BCUT2D eigenvalue weighted by Gasteiger charge is -2.15. The molecular formula is C28H27FN2O3. The highest BCUT2D eigenvalue weighted by Gasteiger charge is 2.40. The van der Waals surface area contributed by atoms with E-state index in [0.717, 1.165) is 10.5 Å². The Labute approximate surface area is 198 Å². The van der Waals surface area contributed by atoms with Crippen LogP contribution >= 0.6 is 0 Å². The summed E-state index contributed by atoms with van der Waals surface area (Å²) in [7, 11) is 0. The van der Waals surface area contributed by atoms with Crippen molar-refractivity contribution in [3.8, 4) is 5.75 Å². The maximum absolute atomic E-state index is 13.9. The molecule has 0 saturated heterocycles. The first-order chi connectivity index (χ1) is 16.2. The van der Waals surface area contributed by atoms with Crippen LogP contribution in [0.15, 0.2) is 78.5 Å². The Morgan fingerprint density at radius 3 is 2.12 bits per heavy atom. The second-order valence-corrected chi connectivity index (χ2v) is 8.77. The van der Waals surface area contributed by atoms with E-state index in [1.54, 1.807) is 24.3 Å². The summed E-state index contributed by atoms with van der Waals surface area (Å²) in [6, 6.07) is 20.2. The third kappa shape index (κ3) is 4.71. The van der Waals surface area contributed by atoms with E-state index in [0.29, 0.717) is 22.9 Å². The van der Waals surface area contributed by atoms with E-state index in [-0.39, 0.29) is 23.1 Å². The van der Waals surface area contributed by atoms with Crippen molar-refractivity contribution in [1.29, 1.82) is 0 Å². The molecule has 2 amide bonds. The smallest absolute Gasteiger partial charge is 0.282 e. The number of carbonyl (C=O) groups is 2. The molecule has 0 atom stereocenters. The average molecular weight is 459 g/mol. The number of ether oxygens (including phenoxy) is 1. The molecule has 174 valence electrons. The Morgan fingerprint density at radius 1 is 0.853 bits per heavy atom. The van der Waals surface area contributed by atoms with Gasteiger partial charge in [0.1, 0.15) is 17.3 Å². The lowest BCUT2D eigenvalue weighted by Crippen LogP contribution is -2.32. The van der Waals surface area contributed by atoms with Crippen LogP contribution in [0.4, 0.5) is 15.8 Å². The molecule has 1 N–H and O–H groups in total. The van der Waals surface area contributed by atoms with Crippen molar-refractivity contribution in [3.63, 3.8) is 0 Å². The van der Waals surface area contributed by atoms with E-state index >= 15 is 0 Å². The zero-order valence-electron chi connectivity index (χ0n) is 19.6. The van der Waals surface area contributed by atoms with E-state index in [2.05, 4.69) is 19.2 Å². The van der Waals surface area contributed by atoms with Gasteiger partial charge in [-0.1, -0.05) is 44.2 Å². The van der Waals surface area contributed by atoms with Crippen LogP contribution in [0.2, 0.25) is 0 Å². The molecule has 0 fully saturated rings. The summed E-state index contributed by atoms with van der Waals surface area (Å²) >= 11 is 0. The molecule has 1 heterocycles. The highest BCUT2D eigenvalue weighted by atomic mass is 19.1. The topological polar surface area (TPSA) is 58.6 Å². The Kier molecular flexibility index (Phi) is 6.50. The fourth-order valence-corrected chi connectivity index (χ4v) is 3.83. The Balaban J connectivity index is 1.76. The van der Waals surface area contributed by atoms with Crippen LogP contribution in [0.25, 0.3) is 5.57 Å². The van der Waals surface area contributed by atoms with Crippen molar-refractivity contribution < 1.29 is 18.7 Å². The molecule has 0 aromatic heterocycles. The van der Waals surface area contributed by atoms with E-state index in [1.807, 2.05) is 38.1 Å². The summed E-state index contributed by atoms with van der Waals surface area (Å²) in [5.74, 6) is -0.554. The van der Waals surface area contributed by atoms with Crippen molar-refractivity contribution in [2.45, 2.75) is 39.7 Å². The van der Waals surface area contributed by atoms with Crippen molar-refractivity contribution in [3.05, 3.63) is 95.4 Å². The van der Waals surface area contributed by atoms with Gasteiger partial charge in [0.15, 0.2) is 0 Å². The largest absolute Gasteiger partial charge is 0.491 e. The molecule has 1 aliphatic rings. The van der Waals surface area contributed by atoms with Gasteiger partial charge in [-0.3, -0.25) is 9.59 Å². The summed E-state index contributed by atoms with van der Waals surface area (Å²) in [4.78, 5) is 27.9. The number of nitrogens with zero attached hydrogens (tertiary/aromatic N) is 1. The Morgan fingerprint density at radius 2 is 1.53 bits per heavy atom. The van der Waals surface area contributed by atoms with Gasteiger partial charge in [-0.2, -0.15) is 0 Å². The highest BCUT2D eigenvalue weighted by molar-refractivity contribution is 6.46. The molecule has 0 aliphatic carbocycles. The molecule has 3 aromatic rings. The molecule has 3 aromatic carbocycles. The molecule has 6 heteroatoms. The van der Waals surface area contributed by atoms with E-state index < -0.39 is 17.6 Å². The third-order valence-corrected chi connectivity index (χ3v) is 5.51. The van der Waals surface area contributed by atoms with Crippen molar-refractivity contribution in [1.82, 2.24) is 0 Å². The number of anilines is 2.